The van der Waals surface area contributed by atoms with Crippen LogP contribution in [0.1, 0.15) is 72.2 Å². The van der Waals surface area contributed by atoms with Crippen LogP contribution in [0.3, 0.4) is 0 Å². The molecule has 0 radical (unpaired) electrons. The lowest BCUT2D eigenvalue weighted by molar-refractivity contribution is 0.563. The Balaban J connectivity index is 1.06. The second-order valence-corrected chi connectivity index (χ2v) is 18.0. The monoisotopic (exact) mass is 781 g/mol. The first-order chi connectivity index (χ1) is 29.7. The van der Waals surface area contributed by atoms with E-state index >= 15 is 0 Å². The minimum atomic E-state index is -0.460. The second kappa shape index (κ2) is 12.9. The second-order valence-electron chi connectivity index (χ2n) is 18.0. The Kier molecular flexibility index (Phi) is 7.54. The zero-order valence-electron chi connectivity index (χ0n) is 34.7. The fraction of sp³-hybridized carbons (Fsp3) is 0.121. The number of nitrogens with zero attached hydrogens (tertiary/aromatic N) is 3. The minimum absolute atomic E-state index is 0.150. The maximum atomic E-state index is 5.34. The summed E-state index contributed by atoms with van der Waals surface area (Å²) in [5.74, 6) is 1.97. The van der Waals surface area contributed by atoms with E-state index in [1.54, 1.807) is 0 Å². The molecule has 0 aliphatic heterocycles. The van der Waals surface area contributed by atoms with Crippen molar-refractivity contribution in [3.63, 3.8) is 0 Å². The van der Waals surface area contributed by atoms with Crippen molar-refractivity contribution in [1.82, 2.24) is 15.0 Å². The van der Waals surface area contributed by atoms with Gasteiger partial charge >= 0.3 is 0 Å². The Hall–Kier alpha value is -7.23. The van der Waals surface area contributed by atoms with Crippen LogP contribution in [0.25, 0.3) is 67.5 Å². The first-order valence-corrected chi connectivity index (χ1v) is 21.4. The van der Waals surface area contributed by atoms with Crippen LogP contribution in [0, 0.1) is 0 Å². The SMILES string of the molecule is CC1(C)c2ccccc2-c2ccc(-c3nc(-c4ccc(-c5ccccc5)cc4)nc(-c4ccc5c(c4)-c4ccccc4C54c5ccccc5C(C)(C)c5ccccc54)n3)cc21. The van der Waals surface area contributed by atoms with Gasteiger partial charge in [-0.3, -0.25) is 0 Å². The molecule has 8 aromatic carbocycles. The van der Waals surface area contributed by atoms with E-state index in [1.807, 2.05) is 0 Å². The van der Waals surface area contributed by atoms with Gasteiger partial charge in [-0.2, -0.15) is 0 Å². The molecule has 61 heavy (non-hydrogen) atoms. The highest BCUT2D eigenvalue weighted by Gasteiger charge is 2.53. The molecule has 0 saturated carbocycles. The van der Waals surface area contributed by atoms with Gasteiger partial charge < -0.3 is 0 Å². The Morgan fingerprint density at radius 1 is 0.262 bits per heavy atom. The van der Waals surface area contributed by atoms with E-state index in [0.717, 1.165) is 22.3 Å². The van der Waals surface area contributed by atoms with Crippen LogP contribution >= 0.6 is 0 Å². The lowest BCUT2D eigenvalue weighted by atomic mass is 9.55. The van der Waals surface area contributed by atoms with Crippen LogP contribution in [0.15, 0.2) is 188 Å². The van der Waals surface area contributed by atoms with Gasteiger partial charge in [0.25, 0.3) is 0 Å². The predicted molar refractivity (Wildman–Crippen MR) is 249 cm³/mol. The van der Waals surface area contributed by atoms with Crippen molar-refractivity contribution in [3.05, 3.63) is 233 Å². The van der Waals surface area contributed by atoms with Crippen LogP contribution in [0.5, 0.6) is 0 Å². The molecule has 1 spiro atoms. The zero-order chi connectivity index (χ0) is 41.1. The molecule has 0 fully saturated rings. The van der Waals surface area contributed by atoms with E-state index < -0.39 is 5.41 Å². The molecule has 1 heterocycles. The normalized spacial score (nSPS) is 15.3. The molecule has 3 aliphatic carbocycles. The number of fused-ring (bicyclic) bond motifs is 12. The fourth-order valence-corrected chi connectivity index (χ4v) is 11.1. The van der Waals surface area contributed by atoms with Crippen LogP contribution in [-0.2, 0) is 16.2 Å². The molecule has 1 aromatic heterocycles. The maximum absolute atomic E-state index is 5.34. The van der Waals surface area contributed by atoms with Gasteiger partial charge in [0.1, 0.15) is 0 Å². The molecule has 0 amide bonds. The summed E-state index contributed by atoms with van der Waals surface area (Å²) < 4.78 is 0. The lowest BCUT2D eigenvalue weighted by Gasteiger charge is -2.46. The maximum Gasteiger partial charge on any atom is 0.164 e. The van der Waals surface area contributed by atoms with Crippen molar-refractivity contribution in [3.8, 4) is 67.5 Å². The molecule has 3 heteroatoms. The van der Waals surface area contributed by atoms with Gasteiger partial charge in [-0.25, -0.2) is 15.0 Å². The summed E-state index contributed by atoms with van der Waals surface area (Å²) in [7, 11) is 0. The van der Waals surface area contributed by atoms with Gasteiger partial charge in [0.2, 0.25) is 0 Å². The number of rotatable bonds is 4. The largest absolute Gasteiger partial charge is 0.208 e. The molecule has 9 aromatic rings. The standard InChI is InChI=1S/C58H43N3/c1-56(2)45-20-10-8-18-41(45)43-32-30-40(35-52(43)56)55-60-53(38-28-26-37(27-29-38)36-16-6-5-7-17-36)59-54(61-55)39-31-33-47-44(34-39)42-19-9-11-21-46(42)58(47)50-24-14-12-22-48(50)57(3,4)49-23-13-15-25-51(49)58/h5-35H,1-4H3. The van der Waals surface area contributed by atoms with Gasteiger partial charge in [0.15, 0.2) is 17.5 Å². The predicted octanol–water partition coefficient (Wildman–Crippen LogP) is 13.8. The number of benzene rings is 8. The Morgan fingerprint density at radius 2 is 0.656 bits per heavy atom. The van der Waals surface area contributed by atoms with E-state index in [2.05, 4.69) is 216 Å². The quantitative estimate of drug-likeness (QED) is 0.178. The van der Waals surface area contributed by atoms with Crippen LogP contribution in [0.2, 0.25) is 0 Å². The lowest BCUT2D eigenvalue weighted by Crippen LogP contribution is -2.40. The molecule has 3 nitrogen and oxygen atoms in total. The fourth-order valence-electron chi connectivity index (χ4n) is 11.1. The molecular weight excluding hydrogens is 739 g/mol. The molecule has 0 saturated heterocycles. The van der Waals surface area contributed by atoms with Gasteiger partial charge in [-0.1, -0.05) is 204 Å². The van der Waals surface area contributed by atoms with E-state index in [1.165, 1.54) is 72.3 Å². The van der Waals surface area contributed by atoms with Crippen molar-refractivity contribution in [2.75, 3.05) is 0 Å². The third kappa shape index (κ3) is 5.01. The molecule has 0 unspecified atom stereocenters. The Bertz CT molecular complexity index is 3200. The van der Waals surface area contributed by atoms with E-state index in [4.69, 9.17) is 15.0 Å². The summed E-state index contributed by atoms with van der Waals surface area (Å²) in [5, 5.41) is 0. The number of aromatic nitrogens is 3. The average molecular weight is 782 g/mol. The zero-order valence-corrected chi connectivity index (χ0v) is 34.7. The van der Waals surface area contributed by atoms with Crippen molar-refractivity contribution >= 4 is 0 Å². The average Bonchev–Trinajstić information content (AvgIpc) is 3.73. The van der Waals surface area contributed by atoms with Gasteiger partial charge in [-0.05, 0) is 90.0 Å². The summed E-state index contributed by atoms with van der Waals surface area (Å²) in [6.07, 6.45) is 0. The van der Waals surface area contributed by atoms with Gasteiger partial charge in [-0.15, -0.1) is 0 Å². The molecule has 0 atom stereocenters. The summed E-state index contributed by atoms with van der Waals surface area (Å²) in [4.78, 5) is 15.9. The van der Waals surface area contributed by atoms with E-state index in [9.17, 15) is 0 Å². The smallest absolute Gasteiger partial charge is 0.164 e. The molecular formula is C58H43N3. The highest BCUT2D eigenvalue weighted by Crippen LogP contribution is 2.62. The van der Waals surface area contributed by atoms with Crippen molar-refractivity contribution in [1.29, 1.82) is 0 Å². The first-order valence-electron chi connectivity index (χ1n) is 21.4. The molecule has 12 rings (SSSR count). The molecule has 0 N–H and O–H groups in total. The summed E-state index contributed by atoms with van der Waals surface area (Å²) >= 11 is 0. The van der Waals surface area contributed by atoms with Gasteiger partial charge in [0, 0.05) is 27.5 Å². The highest BCUT2D eigenvalue weighted by molar-refractivity contribution is 5.90. The van der Waals surface area contributed by atoms with E-state index in [-0.39, 0.29) is 10.8 Å². The summed E-state index contributed by atoms with van der Waals surface area (Å²) in [5.41, 5.74) is 20.2. The van der Waals surface area contributed by atoms with E-state index in [0.29, 0.717) is 17.5 Å². The molecule has 0 bridgehead atoms. The number of hydrogen-bond donors (Lipinski definition) is 0. The van der Waals surface area contributed by atoms with Crippen LogP contribution in [0.4, 0.5) is 0 Å². The highest BCUT2D eigenvalue weighted by atomic mass is 15.0. The van der Waals surface area contributed by atoms with Crippen molar-refractivity contribution < 1.29 is 0 Å². The van der Waals surface area contributed by atoms with Gasteiger partial charge in [0.05, 0.1) is 5.41 Å². The molecule has 290 valence electrons. The number of hydrogen-bond acceptors (Lipinski definition) is 3. The summed E-state index contributed by atoms with van der Waals surface area (Å²) in [6, 6.07) is 68.7. The minimum Gasteiger partial charge on any atom is -0.208 e. The first kappa shape index (κ1) is 35.7. The van der Waals surface area contributed by atoms with Crippen molar-refractivity contribution in [2.45, 2.75) is 43.9 Å². The van der Waals surface area contributed by atoms with Crippen molar-refractivity contribution in [2.24, 2.45) is 0 Å². The third-order valence-electron chi connectivity index (χ3n) is 14.0. The van der Waals surface area contributed by atoms with Crippen LogP contribution in [-0.4, -0.2) is 15.0 Å². The third-order valence-corrected chi connectivity index (χ3v) is 14.0. The Morgan fingerprint density at radius 3 is 1.30 bits per heavy atom. The molecule has 3 aliphatic rings. The topological polar surface area (TPSA) is 38.7 Å². The summed E-state index contributed by atoms with van der Waals surface area (Å²) in [6.45, 7) is 9.38. The van der Waals surface area contributed by atoms with Crippen LogP contribution < -0.4 is 0 Å². The Labute approximate surface area is 357 Å².